The van der Waals surface area contributed by atoms with Crippen LogP contribution in [0, 0.1) is 6.92 Å². The Kier molecular flexibility index (Phi) is 5.49. The Bertz CT molecular complexity index is 694. The summed E-state index contributed by atoms with van der Waals surface area (Å²) in [6.07, 6.45) is 1.72. The van der Waals surface area contributed by atoms with Gasteiger partial charge in [-0.15, -0.1) is 0 Å². The van der Waals surface area contributed by atoms with Gasteiger partial charge in [0.1, 0.15) is 11.5 Å². The lowest BCUT2D eigenvalue weighted by atomic mass is 10.1. The second-order valence-electron chi connectivity index (χ2n) is 6.72. The summed E-state index contributed by atoms with van der Waals surface area (Å²) in [5, 5.41) is 2.98. The highest BCUT2D eigenvalue weighted by molar-refractivity contribution is 5.81. The van der Waals surface area contributed by atoms with E-state index in [1.165, 1.54) is 0 Å². The molecule has 1 amide bonds. The molecule has 0 atom stereocenters. The van der Waals surface area contributed by atoms with Crippen LogP contribution in [0.1, 0.15) is 33.4 Å². The summed E-state index contributed by atoms with van der Waals surface area (Å²) < 4.78 is 0. The van der Waals surface area contributed by atoms with Crippen LogP contribution in [-0.4, -0.2) is 39.5 Å². The molecule has 2 rings (SSSR count). The number of rotatable bonds is 5. The van der Waals surface area contributed by atoms with E-state index in [9.17, 15) is 4.79 Å². The molecular formula is C18H25N5O. The van der Waals surface area contributed by atoms with Crippen molar-refractivity contribution in [3.8, 4) is 11.5 Å². The summed E-state index contributed by atoms with van der Waals surface area (Å²) in [6.45, 7) is 10.8. The zero-order valence-electron chi connectivity index (χ0n) is 15.0. The molecule has 1 N–H and O–H groups in total. The minimum Gasteiger partial charge on any atom is -0.350 e. The first kappa shape index (κ1) is 17.8. The largest absolute Gasteiger partial charge is 0.350 e. The summed E-state index contributed by atoms with van der Waals surface area (Å²) in [4.78, 5) is 27.5. The molecule has 2 aromatic rings. The van der Waals surface area contributed by atoms with E-state index in [0.717, 1.165) is 17.2 Å². The lowest BCUT2D eigenvalue weighted by molar-refractivity contribution is -0.121. The third-order valence-corrected chi connectivity index (χ3v) is 3.29. The maximum atomic E-state index is 12.2. The first-order valence-electron chi connectivity index (χ1n) is 8.11. The minimum atomic E-state index is -0.253. The molecule has 0 saturated heterocycles. The average molecular weight is 327 g/mol. The van der Waals surface area contributed by atoms with Gasteiger partial charge in [-0.25, -0.2) is 9.97 Å². The van der Waals surface area contributed by atoms with Crippen LogP contribution in [0.15, 0.2) is 30.5 Å². The van der Waals surface area contributed by atoms with Gasteiger partial charge in [0.15, 0.2) is 5.82 Å². The van der Waals surface area contributed by atoms with E-state index < -0.39 is 0 Å². The summed E-state index contributed by atoms with van der Waals surface area (Å²) >= 11 is 0. The molecule has 0 spiro atoms. The SMILES string of the molecule is CCN(CC(=O)NC(C)(C)C)c1cc(C)nc(-c2ccccn2)n1. The van der Waals surface area contributed by atoms with Crippen molar-refractivity contribution in [1.29, 1.82) is 0 Å². The summed E-state index contributed by atoms with van der Waals surface area (Å²) in [5.41, 5.74) is 1.31. The number of nitrogens with one attached hydrogen (secondary N) is 1. The Balaban J connectivity index is 2.26. The zero-order chi connectivity index (χ0) is 17.7. The number of likely N-dealkylation sites (N-methyl/N-ethyl adjacent to an activating group) is 1. The Morgan fingerprint density at radius 2 is 2.00 bits per heavy atom. The third kappa shape index (κ3) is 5.01. The van der Waals surface area contributed by atoms with Crippen molar-refractivity contribution in [2.75, 3.05) is 18.0 Å². The molecule has 24 heavy (non-hydrogen) atoms. The van der Waals surface area contributed by atoms with Crippen molar-refractivity contribution in [1.82, 2.24) is 20.3 Å². The number of aromatic nitrogens is 3. The van der Waals surface area contributed by atoms with Crippen LogP contribution in [0.5, 0.6) is 0 Å². The lowest BCUT2D eigenvalue weighted by Crippen LogP contribution is -2.46. The fourth-order valence-corrected chi connectivity index (χ4v) is 2.31. The van der Waals surface area contributed by atoms with Gasteiger partial charge in [0.25, 0.3) is 0 Å². The number of carbonyl (C=O) groups excluding carboxylic acids is 1. The van der Waals surface area contributed by atoms with E-state index in [-0.39, 0.29) is 18.0 Å². The van der Waals surface area contributed by atoms with E-state index in [4.69, 9.17) is 0 Å². The molecule has 0 saturated carbocycles. The predicted molar refractivity (Wildman–Crippen MR) is 95.8 cm³/mol. The second kappa shape index (κ2) is 7.38. The van der Waals surface area contributed by atoms with Crippen LogP contribution in [0.2, 0.25) is 0 Å². The molecule has 128 valence electrons. The molecule has 0 bridgehead atoms. The standard InChI is InChI=1S/C18H25N5O/c1-6-23(12-16(24)22-18(3,4)5)15-11-13(2)20-17(21-15)14-9-7-8-10-19-14/h7-11H,6,12H2,1-5H3,(H,22,24). The monoisotopic (exact) mass is 327 g/mol. The van der Waals surface area contributed by atoms with E-state index in [1.807, 2.05) is 63.8 Å². The average Bonchev–Trinajstić information content (AvgIpc) is 2.51. The molecule has 6 nitrogen and oxygen atoms in total. The number of anilines is 1. The first-order valence-corrected chi connectivity index (χ1v) is 8.11. The molecule has 0 aliphatic rings. The van der Waals surface area contributed by atoms with Crippen molar-refractivity contribution >= 4 is 11.7 Å². The molecule has 6 heteroatoms. The van der Waals surface area contributed by atoms with Crippen LogP contribution in [-0.2, 0) is 4.79 Å². The fraction of sp³-hybridized carbons (Fsp3) is 0.444. The van der Waals surface area contributed by atoms with Crippen molar-refractivity contribution in [3.05, 3.63) is 36.2 Å². The summed E-state index contributed by atoms with van der Waals surface area (Å²) in [7, 11) is 0. The van der Waals surface area contributed by atoms with E-state index >= 15 is 0 Å². The number of hydrogen-bond donors (Lipinski definition) is 1. The van der Waals surface area contributed by atoms with Gasteiger partial charge in [0.2, 0.25) is 5.91 Å². The van der Waals surface area contributed by atoms with Gasteiger partial charge in [-0.05, 0) is 46.8 Å². The molecule has 0 radical (unpaired) electrons. The third-order valence-electron chi connectivity index (χ3n) is 3.29. The van der Waals surface area contributed by atoms with Crippen LogP contribution in [0.4, 0.5) is 5.82 Å². The second-order valence-corrected chi connectivity index (χ2v) is 6.72. The number of carbonyl (C=O) groups is 1. The quantitative estimate of drug-likeness (QED) is 0.914. The van der Waals surface area contributed by atoms with Gasteiger partial charge in [-0.3, -0.25) is 9.78 Å². The smallest absolute Gasteiger partial charge is 0.239 e. The van der Waals surface area contributed by atoms with Crippen molar-refractivity contribution in [2.24, 2.45) is 0 Å². The first-order chi connectivity index (χ1) is 11.3. The number of aryl methyl sites for hydroxylation is 1. The molecule has 0 aliphatic carbocycles. The maximum absolute atomic E-state index is 12.2. The van der Waals surface area contributed by atoms with Crippen LogP contribution in [0.3, 0.4) is 0 Å². The Morgan fingerprint density at radius 1 is 1.25 bits per heavy atom. The highest BCUT2D eigenvalue weighted by Crippen LogP contribution is 2.18. The Morgan fingerprint density at radius 3 is 2.58 bits per heavy atom. The van der Waals surface area contributed by atoms with Gasteiger partial charge in [0, 0.05) is 30.0 Å². The topological polar surface area (TPSA) is 71.0 Å². The van der Waals surface area contributed by atoms with E-state index in [2.05, 4.69) is 20.3 Å². The number of hydrogen-bond acceptors (Lipinski definition) is 5. The van der Waals surface area contributed by atoms with Crippen LogP contribution < -0.4 is 10.2 Å². The van der Waals surface area contributed by atoms with Gasteiger partial charge in [-0.2, -0.15) is 0 Å². The maximum Gasteiger partial charge on any atom is 0.239 e. The number of pyridine rings is 1. The predicted octanol–water partition coefficient (Wildman–Crippen LogP) is 2.59. The van der Waals surface area contributed by atoms with Crippen molar-refractivity contribution in [2.45, 2.75) is 40.2 Å². The van der Waals surface area contributed by atoms with Crippen LogP contribution >= 0.6 is 0 Å². The molecule has 0 aliphatic heterocycles. The molecular weight excluding hydrogens is 302 g/mol. The van der Waals surface area contributed by atoms with Gasteiger partial charge in [0.05, 0.1) is 6.54 Å². The lowest BCUT2D eigenvalue weighted by Gasteiger charge is -2.26. The number of amides is 1. The highest BCUT2D eigenvalue weighted by Gasteiger charge is 2.18. The van der Waals surface area contributed by atoms with E-state index in [0.29, 0.717) is 12.4 Å². The van der Waals surface area contributed by atoms with Gasteiger partial charge < -0.3 is 10.2 Å². The number of nitrogens with zero attached hydrogens (tertiary/aromatic N) is 4. The molecule has 0 fully saturated rings. The highest BCUT2D eigenvalue weighted by atomic mass is 16.2. The molecule has 2 aromatic heterocycles. The molecule has 0 unspecified atom stereocenters. The fourth-order valence-electron chi connectivity index (χ4n) is 2.31. The Labute approximate surface area is 143 Å². The van der Waals surface area contributed by atoms with E-state index in [1.54, 1.807) is 6.20 Å². The molecule has 0 aromatic carbocycles. The zero-order valence-corrected chi connectivity index (χ0v) is 15.0. The molecule has 2 heterocycles. The van der Waals surface area contributed by atoms with Crippen molar-refractivity contribution in [3.63, 3.8) is 0 Å². The Hall–Kier alpha value is -2.50. The van der Waals surface area contributed by atoms with Gasteiger partial charge >= 0.3 is 0 Å². The summed E-state index contributed by atoms with van der Waals surface area (Å²) in [5.74, 6) is 1.27. The van der Waals surface area contributed by atoms with Crippen LogP contribution in [0.25, 0.3) is 11.5 Å². The summed E-state index contributed by atoms with van der Waals surface area (Å²) in [6, 6.07) is 7.53. The minimum absolute atomic E-state index is 0.0278. The van der Waals surface area contributed by atoms with Crippen molar-refractivity contribution < 1.29 is 4.79 Å². The van der Waals surface area contributed by atoms with Gasteiger partial charge in [-0.1, -0.05) is 6.07 Å². The normalized spacial score (nSPS) is 11.2.